The molecule has 0 atom stereocenters. The molecule has 0 spiro atoms. The molecule has 12 heavy (non-hydrogen) atoms. The summed E-state index contributed by atoms with van der Waals surface area (Å²) in [6, 6.07) is 5.58. The van der Waals surface area contributed by atoms with E-state index in [1.807, 2.05) is 0 Å². The lowest BCUT2D eigenvalue weighted by Crippen LogP contribution is -1.80. The summed E-state index contributed by atoms with van der Waals surface area (Å²) in [5, 5.41) is 2.15. The van der Waals surface area contributed by atoms with E-state index in [1.54, 1.807) is 0 Å². The van der Waals surface area contributed by atoms with Crippen LogP contribution in [0.5, 0.6) is 0 Å². The monoisotopic (exact) mass is 185 g/mol. The Bertz CT molecular complexity index is 301. The standard InChI is InChI=1S/C8H5F2NS/c9-8(10)6-1-3-7(4-2-6)11-5-12/h1-4,8H. The van der Waals surface area contributed by atoms with Crippen molar-refractivity contribution in [3.63, 3.8) is 0 Å². The van der Waals surface area contributed by atoms with Gasteiger partial charge in [-0.05, 0) is 24.4 Å². The Hall–Kier alpha value is -1.12. The summed E-state index contributed by atoms with van der Waals surface area (Å²) >= 11 is 4.35. The fourth-order valence-electron chi connectivity index (χ4n) is 0.747. The van der Waals surface area contributed by atoms with Crippen LogP contribution >= 0.6 is 12.2 Å². The maximum atomic E-state index is 12.0. The summed E-state index contributed by atoms with van der Waals surface area (Å²) in [4.78, 5) is 3.63. The molecule has 0 saturated carbocycles. The van der Waals surface area contributed by atoms with Crippen molar-refractivity contribution in [3.8, 4) is 0 Å². The maximum absolute atomic E-state index is 12.0. The first kappa shape index (κ1) is 8.97. The van der Waals surface area contributed by atoms with Crippen LogP contribution in [-0.4, -0.2) is 5.16 Å². The van der Waals surface area contributed by atoms with Gasteiger partial charge in [0.1, 0.15) is 0 Å². The molecule has 1 aromatic rings. The van der Waals surface area contributed by atoms with Crippen molar-refractivity contribution in [1.82, 2.24) is 0 Å². The van der Waals surface area contributed by atoms with E-state index in [-0.39, 0.29) is 5.56 Å². The van der Waals surface area contributed by atoms with Gasteiger partial charge >= 0.3 is 0 Å². The molecular weight excluding hydrogens is 180 g/mol. The van der Waals surface area contributed by atoms with Gasteiger partial charge < -0.3 is 0 Å². The van der Waals surface area contributed by atoms with Gasteiger partial charge in [-0.15, -0.1) is 0 Å². The number of hydrogen-bond acceptors (Lipinski definition) is 2. The second-order valence-electron chi connectivity index (χ2n) is 2.10. The molecule has 4 heteroatoms. The number of thiocarbonyl (C=S) groups is 1. The molecule has 1 rings (SSSR count). The Kier molecular flexibility index (Phi) is 3.02. The van der Waals surface area contributed by atoms with Gasteiger partial charge in [0, 0.05) is 5.56 Å². The number of aliphatic imine (C=N–C) groups is 1. The van der Waals surface area contributed by atoms with Gasteiger partial charge in [0.05, 0.1) is 10.8 Å². The molecule has 0 aliphatic heterocycles. The minimum Gasteiger partial charge on any atom is -0.205 e. The molecule has 0 bridgehead atoms. The van der Waals surface area contributed by atoms with Gasteiger partial charge in [-0.2, -0.15) is 4.99 Å². The Morgan fingerprint density at radius 3 is 2.25 bits per heavy atom. The SMILES string of the molecule is FC(F)c1ccc(N=C=S)cc1. The van der Waals surface area contributed by atoms with Crippen LogP contribution < -0.4 is 0 Å². The first-order chi connectivity index (χ1) is 5.74. The van der Waals surface area contributed by atoms with E-state index in [2.05, 4.69) is 22.4 Å². The highest BCUT2D eigenvalue weighted by Gasteiger charge is 2.04. The predicted molar refractivity (Wildman–Crippen MR) is 46.1 cm³/mol. The highest BCUT2D eigenvalue weighted by molar-refractivity contribution is 7.78. The van der Waals surface area contributed by atoms with Crippen LogP contribution in [0.3, 0.4) is 0 Å². The lowest BCUT2D eigenvalue weighted by Gasteiger charge is -1.97. The summed E-state index contributed by atoms with van der Waals surface area (Å²) in [6.45, 7) is 0. The minimum absolute atomic E-state index is 0.0154. The van der Waals surface area contributed by atoms with Crippen LogP contribution in [0.1, 0.15) is 12.0 Å². The van der Waals surface area contributed by atoms with Crippen molar-refractivity contribution in [3.05, 3.63) is 29.8 Å². The molecule has 0 saturated heterocycles. The topological polar surface area (TPSA) is 12.4 Å². The van der Waals surface area contributed by atoms with Crippen molar-refractivity contribution in [2.45, 2.75) is 6.43 Å². The number of rotatable bonds is 2. The Morgan fingerprint density at radius 1 is 1.25 bits per heavy atom. The van der Waals surface area contributed by atoms with Gasteiger partial charge in [-0.1, -0.05) is 12.1 Å². The van der Waals surface area contributed by atoms with Crippen LogP contribution in [0.4, 0.5) is 14.5 Å². The van der Waals surface area contributed by atoms with Gasteiger partial charge in [-0.25, -0.2) is 8.78 Å². The lowest BCUT2D eigenvalue weighted by molar-refractivity contribution is 0.151. The summed E-state index contributed by atoms with van der Waals surface area (Å²) < 4.78 is 24.0. The molecule has 0 aliphatic carbocycles. The molecule has 0 aliphatic rings. The fraction of sp³-hybridized carbons (Fsp3) is 0.125. The smallest absolute Gasteiger partial charge is 0.205 e. The number of benzene rings is 1. The normalized spacial score (nSPS) is 9.58. The van der Waals surface area contributed by atoms with Gasteiger partial charge in [0.2, 0.25) is 0 Å². The van der Waals surface area contributed by atoms with Crippen LogP contribution in [-0.2, 0) is 0 Å². The number of hydrogen-bond donors (Lipinski definition) is 0. The van der Waals surface area contributed by atoms with E-state index >= 15 is 0 Å². The molecule has 1 aromatic carbocycles. The molecule has 0 amide bonds. The van der Waals surface area contributed by atoms with Gasteiger partial charge in [-0.3, -0.25) is 0 Å². The Morgan fingerprint density at radius 2 is 1.83 bits per heavy atom. The largest absolute Gasteiger partial charge is 0.263 e. The van der Waals surface area contributed by atoms with Gasteiger partial charge in [0.25, 0.3) is 6.43 Å². The first-order valence-electron chi connectivity index (χ1n) is 3.20. The van der Waals surface area contributed by atoms with Crippen molar-refractivity contribution in [1.29, 1.82) is 0 Å². The highest BCUT2D eigenvalue weighted by atomic mass is 32.1. The van der Waals surface area contributed by atoms with E-state index in [4.69, 9.17) is 0 Å². The second kappa shape index (κ2) is 4.04. The van der Waals surface area contributed by atoms with Crippen LogP contribution in [0.25, 0.3) is 0 Å². The van der Waals surface area contributed by atoms with Crippen molar-refractivity contribution in [2.24, 2.45) is 4.99 Å². The molecule has 1 nitrogen and oxygen atoms in total. The number of isothiocyanates is 1. The van der Waals surface area contributed by atoms with Crippen molar-refractivity contribution < 1.29 is 8.78 Å². The quantitative estimate of drug-likeness (QED) is 0.508. The second-order valence-corrected chi connectivity index (χ2v) is 2.28. The fourth-order valence-corrected chi connectivity index (χ4v) is 0.852. The number of nitrogens with zero attached hydrogens (tertiary/aromatic N) is 1. The molecule has 0 fully saturated rings. The first-order valence-corrected chi connectivity index (χ1v) is 3.61. The number of alkyl halides is 2. The Balaban J connectivity index is 2.92. The molecule has 0 heterocycles. The third-order valence-corrected chi connectivity index (χ3v) is 1.41. The van der Waals surface area contributed by atoms with E-state index in [9.17, 15) is 8.78 Å². The molecule has 0 aromatic heterocycles. The molecular formula is C8H5F2NS. The van der Waals surface area contributed by atoms with E-state index in [0.29, 0.717) is 5.69 Å². The third-order valence-electron chi connectivity index (χ3n) is 1.32. The summed E-state index contributed by atoms with van der Waals surface area (Å²) in [6.07, 6.45) is -2.43. The van der Waals surface area contributed by atoms with E-state index in [0.717, 1.165) is 0 Å². The van der Waals surface area contributed by atoms with Crippen molar-refractivity contribution >= 4 is 23.1 Å². The Labute approximate surface area is 73.7 Å². The summed E-state index contributed by atoms with van der Waals surface area (Å²) in [5.74, 6) is 0. The molecule has 0 radical (unpaired) electrons. The third kappa shape index (κ3) is 2.19. The van der Waals surface area contributed by atoms with Crippen LogP contribution in [0.2, 0.25) is 0 Å². The average molecular weight is 185 g/mol. The minimum atomic E-state index is -2.43. The zero-order valence-corrected chi connectivity index (χ0v) is 6.81. The summed E-state index contributed by atoms with van der Waals surface area (Å²) in [5.41, 5.74) is 0.521. The summed E-state index contributed by atoms with van der Waals surface area (Å²) in [7, 11) is 0. The van der Waals surface area contributed by atoms with Gasteiger partial charge in [0.15, 0.2) is 0 Å². The highest BCUT2D eigenvalue weighted by Crippen LogP contribution is 2.21. The zero-order valence-electron chi connectivity index (χ0n) is 6.00. The predicted octanol–water partition coefficient (Wildman–Crippen LogP) is 3.36. The number of halogens is 2. The van der Waals surface area contributed by atoms with E-state index < -0.39 is 6.43 Å². The molecule has 0 N–H and O–H groups in total. The lowest BCUT2D eigenvalue weighted by atomic mass is 10.2. The van der Waals surface area contributed by atoms with Crippen LogP contribution in [0.15, 0.2) is 29.3 Å². The van der Waals surface area contributed by atoms with Crippen molar-refractivity contribution in [2.75, 3.05) is 0 Å². The molecule has 0 unspecified atom stereocenters. The van der Waals surface area contributed by atoms with Crippen LogP contribution in [0, 0.1) is 0 Å². The molecule has 62 valence electrons. The average Bonchev–Trinajstić information content (AvgIpc) is 2.06. The van der Waals surface area contributed by atoms with E-state index in [1.165, 1.54) is 24.3 Å². The maximum Gasteiger partial charge on any atom is 0.263 e. The zero-order chi connectivity index (χ0) is 8.97.